The molecule has 0 bridgehead atoms. The third kappa shape index (κ3) is 4.22. The molecule has 0 saturated carbocycles. The molecule has 3 rings (SSSR count). The number of carbonyl (C=O) groups is 1. The number of nitrogens with one attached hydrogen (secondary N) is 1. The summed E-state index contributed by atoms with van der Waals surface area (Å²) in [6, 6.07) is 5.41. The second kappa shape index (κ2) is 9.00. The lowest BCUT2D eigenvalue weighted by Crippen LogP contribution is -2.33. The van der Waals surface area contributed by atoms with Crippen LogP contribution >= 0.6 is 11.8 Å². The van der Waals surface area contributed by atoms with Crippen molar-refractivity contribution in [2.75, 3.05) is 24.8 Å². The van der Waals surface area contributed by atoms with E-state index in [-0.39, 0.29) is 17.9 Å². The summed E-state index contributed by atoms with van der Waals surface area (Å²) in [5.74, 6) is 1.60. The van der Waals surface area contributed by atoms with Gasteiger partial charge in [0.2, 0.25) is 5.91 Å². The molecule has 0 radical (unpaired) electrons. The van der Waals surface area contributed by atoms with Crippen molar-refractivity contribution < 1.29 is 14.3 Å². The molecule has 1 aromatic carbocycles. The zero-order valence-corrected chi connectivity index (χ0v) is 17.3. The Morgan fingerprint density at radius 2 is 2.10 bits per heavy atom. The molecule has 152 valence electrons. The summed E-state index contributed by atoms with van der Waals surface area (Å²) in [5, 5.41) is 3.36. The quantitative estimate of drug-likeness (QED) is 0.407. The maximum absolute atomic E-state index is 12.9. The number of hydrogen-bond donors (Lipinski definition) is 1. The van der Waals surface area contributed by atoms with Crippen molar-refractivity contribution in [3.63, 3.8) is 0 Å². The van der Waals surface area contributed by atoms with Crippen LogP contribution in [0.5, 0.6) is 11.5 Å². The fourth-order valence-corrected chi connectivity index (χ4v) is 3.95. The van der Waals surface area contributed by atoms with Crippen molar-refractivity contribution in [2.45, 2.75) is 17.5 Å². The first-order chi connectivity index (χ1) is 14.0. The van der Waals surface area contributed by atoms with E-state index in [1.807, 2.05) is 6.07 Å². The van der Waals surface area contributed by atoms with Gasteiger partial charge in [-0.25, -0.2) is 0 Å². The average molecular weight is 413 g/mol. The Balaban J connectivity index is 2.08. The van der Waals surface area contributed by atoms with Crippen molar-refractivity contribution in [1.29, 1.82) is 0 Å². The summed E-state index contributed by atoms with van der Waals surface area (Å²) in [6.45, 7) is 7.67. The molecule has 2 heterocycles. The molecule has 29 heavy (non-hydrogen) atoms. The summed E-state index contributed by atoms with van der Waals surface area (Å²) in [6.07, 6.45) is 3.53. The molecule has 1 amide bonds. The Hall–Kier alpha value is -3.00. The first-order valence-electron chi connectivity index (χ1n) is 9.06. The van der Waals surface area contributed by atoms with E-state index in [1.54, 1.807) is 43.0 Å². The van der Waals surface area contributed by atoms with E-state index >= 15 is 0 Å². The minimum atomic E-state index is -0.425. The number of nitrogens with zero attached hydrogens (tertiary/aromatic N) is 2. The van der Waals surface area contributed by atoms with Crippen LogP contribution in [0.4, 0.5) is 5.82 Å². The minimum Gasteiger partial charge on any atom is -0.493 e. The highest BCUT2D eigenvalue weighted by molar-refractivity contribution is 7.99. The van der Waals surface area contributed by atoms with Crippen LogP contribution in [-0.2, 0) is 11.8 Å². The smallest absolute Gasteiger partial charge is 0.279 e. The zero-order valence-electron chi connectivity index (χ0n) is 16.4. The molecule has 0 fully saturated rings. The zero-order chi connectivity index (χ0) is 21.0. The van der Waals surface area contributed by atoms with E-state index in [1.165, 1.54) is 11.8 Å². The van der Waals surface area contributed by atoms with Crippen LogP contribution in [0.1, 0.15) is 23.5 Å². The molecule has 2 aromatic rings. The summed E-state index contributed by atoms with van der Waals surface area (Å²) in [4.78, 5) is 29.5. The van der Waals surface area contributed by atoms with Crippen LogP contribution in [-0.4, -0.2) is 34.9 Å². The maximum Gasteiger partial charge on any atom is 0.279 e. The highest BCUT2D eigenvalue weighted by Gasteiger charge is 2.32. The van der Waals surface area contributed by atoms with E-state index in [0.29, 0.717) is 40.4 Å². The third-order valence-corrected chi connectivity index (χ3v) is 5.60. The topological polar surface area (TPSA) is 82.5 Å². The SMILES string of the molecule is C=CCOc1ccc(C2CC(=O)Nc3c2c(=O)nc(SCC=C)n3C)cc1OC. The number of methoxy groups -OCH3 is 1. The standard InChI is InChI=1S/C21H23N3O4S/c1-5-9-28-15-8-7-13(11-16(15)27-4)14-12-17(25)22-19-18(14)20(26)23-21(24(19)3)29-10-6-2/h5-8,11,14H,1-2,9-10,12H2,3-4H3,(H,22,25). The highest BCUT2D eigenvalue weighted by Crippen LogP contribution is 2.39. The van der Waals surface area contributed by atoms with Crippen LogP contribution < -0.4 is 20.3 Å². The van der Waals surface area contributed by atoms with Gasteiger partial charge in [0.15, 0.2) is 16.7 Å². The van der Waals surface area contributed by atoms with Crippen molar-refractivity contribution in [1.82, 2.24) is 9.55 Å². The van der Waals surface area contributed by atoms with Gasteiger partial charge in [-0.3, -0.25) is 9.59 Å². The molecule has 1 aromatic heterocycles. The Labute approximate surface area is 173 Å². The molecule has 1 unspecified atom stereocenters. The van der Waals surface area contributed by atoms with Crippen molar-refractivity contribution in [3.8, 4) is 11.5 Å². The van der Waals surface area contributed by atoms with Crippen molar-refractivity contribution in [2.24, 2.45) is 7.05 Å². The van der Waals surface area contributed by atoms with Crippen LogP contribution in [0.15, 0.2) is 53.5 Å². The number of fused-ring (bicyclic) bond motifs is 1. The van der Waals surface area contributed by atoms with Gasteiger partial charge in [-0.1, -0.05) is 36.6 Å². The molecule has 1 aliphatic heterocycles. The van der Waals surface area contributed by atoms with Crippen LogP contribution in [0, 0.1) is 0 Å². The van der Waals surface area contributed by atoms with Crippen molar-refractivity contribution >= 4 is 23.5 Å². The minimum absolute atomic E-state index is 0.152. The van der Waals surface area contributed by atoms with Gasteiger partial charge in [0.25, 0.3) is 5.56 Å². The summed E-state index contributed by atoms with van der Waals surface area (Å²) >= 11 is 1.39. The predicted molar refractivity (Wildman–Crippen MR) is 114 cm³/mol. The fraction of sp³-hybridized carbons (Fsp3) is 0.286. The lowest BCUT2D eigenvalue weighted by Gasteiger charge is -2.27. The van der Waals surface area contributed by atoms with Crippen molar-refractivity contribution in [3.05, 3.63) is 65.0 Å². The van der Waals surface area contributed by atoms with Gasteiger partial charge in [0.1, 0.15) is 12.4 Å². The Morgan fingerprint density at radius 1 is 1.31 bits per heavy atom. The second-order valence-corrected chi connectivity index (χ2v) is 7.42. The third-order valence-electron chi connectivity index (χ3n) is 4.58. The van der Waals surface area contributed by atoms with E-state index < -0.39 is 5.92 Å². The van der Waals surface area contributed by atoms with Gasteiger partial charge in [0, 0.05) is 25.1 Å². The number of rotatable bonds is 8. The average Bonchev–Trinajstić information content (AvgIpc) is 2.72. The highest BCUT2D eigenvalue weighted by atomic mass is 32.2. The summed E-state index contributed by atoms with van der Waals surface area (Å²) < 4.78 is 12.8. The van der Waals surface area contributed by atoms with E-state index in [2.05, 4.69) is 23.5 Å². The van der Waals surface area contributed by atoms with Gasteiger partial charge in [-0.2, -0.15) is 4.98 Å². The molecule has 0 saturated heterocycles. The molecule has 1 aliphatic rings. The molecule has 0 spiro atoms. The van der Waals surface area contributed by atoms with E-state index in [0.717, 1.165) is 5.56 Å². The van der Waals surface area contributed by atoms with Crippen LogP contribution in [0.2, 0.25) is 0 Å². The van der Waals surface area contributed by atoms with Crippen LogP contribution in [0.25, 0.3) is 0 Å². The lowest BCUT2D eigenvalue weighted by molar-refractivity contribution is -0.116. The number of amides is 1. The van der Waals surface area contributed by atoms with Crippen LogP contribution in [0.3, 0.4) is 0 Å². The largest absolute Gasteiger partial charge is 0.493 e. The Bertz CT molecular complexity index is 1020. The number of anilines is 1. The number of carbonyl (C=O) groups excluding carboxylic acids is 1. The predicted octanol–water partition coefficient (Wildman–Crippen LogP) is 3.11. The number of benzene rings is 1. The summed E-state index contributed by atoms with van der Waals surface area (Å²) in [5.41, 5.74) is 0.909. The summed E-state index contributed by atoms with van der Waals surface area (Å²) in [7, 11) is 3.33. The Morgan fingerprint density at radius 3 is 2.79 bits per heavy atom. The molecular weight excluding hydrogens is 390 g/mol. The van der Waals surface area contributed by atoms with Gasteiger partial charge >= 0.3 is 0 Å². The number of ether oxygens (including phenoxy) is 2. The molecule has 7 nitrogen and oxygen atoms in total. The first-order valence-corrected chi connectivity index (χ1v) is 10.0. The number of thioether (sulfide) groups is 1. The van der Waals surface area contributed by atoms with Gasteiger partial charge < -0.3 is 19.4 Å². The van der Waals surface area contributed by atoms with Gasteiger partial charge in [-0.05, 0) is 17.7 Å². The molecular formula is C21H23N3O4S. The monoisotopic (exact) mass is 413 g/mol. The van der Waals surface area contributed by atoms with E-state index in [9.17, 15) is 9.59 Å². The van der Waals surface area contributed by atoms with Gasteiger partial charge in [0.05, 0.1) is 12.7 Å². The lowest BCUT2D eigenvalue weighted by atomic mass is 9.86. The molecule has 1 atom stereocenters. The second-order valence-electron chi connectivity index (χ2n) is 6.44. The number of hydrogen-bond acceptors (Lipinski definition) is 6. The molecule has 8 heteroatoms. The number of aromatic nitrogens is 2. The maximum atomic E-state index is 12.9. The van der Waals surface area contributed by atoms with E-state index in [4.69, 9.17) is 9.47 Å². The molecule has 0 aliphatic carbocycles. The van der Waals surface area contributed by atoms with Gasteiger partial charge in [-0.15, -0.1) is 6.58 Å². The Kier molecular flexibility index (Phi) is 6.43. The fourth-order valence-electron chi connectivity index (χ4n) is 3.25. The normalized spacial score (nSPS) is 15.2. The first kappa shape index (κ1) is 20.7. The molecule has 1 N–H and O–H groups in total.